The predicted molar refractivity (Wildman–Crippen MR) is 395 cm³/mol. The summed E-state index contributed by atoms with van der Waals surface area (Å²) < 4.78 is 131. The third kappa shape index (κ3) is 19.5. The molecule has 0 spiro atoms. The number of amides is 1. The van der Waals surface area contributed by atoms with Gasteiger partial charge in [-0.15, -0.1) is 0 Å². The molecule has 13 heterocycles. The van der Waals surface area contributed by atoms with Crippen molar-refractivity contribution in [1.29, 1.82) is 0 Å². The summed E-state index contributed by atoms with van der Waals surface area (Å²) in [4.78, 5) is 49.8. The third-order valence-corrected chi connectivity index (χ3v) is 19.7. The second kappa shape index (κ2) is 35.5. The zero-order valence-corrected chi connectivity index (χ0v) is 65.0. The summed E-state index contributed by atoms with van der Waals surface area (Å²) in [6.07, 6.45) is 21.5. The predicted octanol–water partition coefficient (Wildman–Crippen LogP) is 17.3. The van der Waals surface area contributed by atoms with E-state index in [9.17, 15) is 31.5 Å². The molecule has 0 radical (unpaired) electrons. The van der Waals surface area contributed by atoms with Gasteiger partial charge in [-0.3, -0.25) is 9.59 Å². The maximum absolute atomic E-state index is 15.7. The lowest BCUT2D eigenvalue weighted by atomic mass is 9.62. The Morgan fingerprint density at radius 3 is 1.55 bits per heavy atom. The number of nitrogens with two attached hydrogens (primary N) is 2. The van der Waals surface area contributed by atoms with Crippen LogP contribution in [0, 0.1) is 34.9 Å². The summed E-state index contributed by atoms with van der Waals surface area (Å²) in [5.74, 6) is -3.66. The van der Waals surface area contributed by atoms with Crippen molar-refractivity contribution in [3.8, 4) is 34.6 Å². The fourth-order valence-electron chi connectivity index (χ4n) is 11.6. The standard InChI is InChI=1S/C24H27FN4O4.C17H20BrFN2O2.C9H12BrFN2O.C9H11ClFNO.C9H13FN2O.C5H3ClFNO/c1-5-14(2)33-19-16(27-21(30)15-7-6-8-26-22(15)31-4)9-29-10-17(28-20(29)18(19)25)24-11-23(3,12-24)32-13-24;1-4-10(2)23-14-11(18)5-21-6-12(20-15(21)13(14)19)17-7-16(3,8-17)22-9-17;1-3-5(2)14-8-6(10)4-13-9(12)7(8)11;1-3-6(2)13-7-4-5-12-9(10)8(7)11;1-3-6(2)13-7-4-5-12-9(11)8(7)10;6-5-4(7)3(9)1-2-8-5/h6-10,14H,5,11-13H2,1-4H3,(H,27,30);5-6,10H,4,7-9H2,1-3H3;4-5H,3H2,1-2H3,(H2,12,13);4-6H,3H2,1-2H3;4-6H,3H2,1-2H3,(H2,11,12);1-2H,(H,8,9). The van der Waals surface area contributed by atoms with E-state index >= 15 is 4.39 Å². The topological polar surface area (TPSA) is 274 Å². The molecule has 4 saturated heterocycles. The quantitative estimate of drug-likeness (QED) is 0.0408. The Morgan fingerprint density at radius 2 is 1.07 bits per heavy atom. The Balaban J connectivity index is 0.000000169. The Hall–Kier alpha value is -8.16. The van der Waals surface area contributed by atoms with E-state index in [1.54, 1.807) is 27.1 Å². The molecule has 32 heteroatoms. The number of nitrogen functional groups attached to an aromatic ring is 2. The number of aromatic amines is 1. The van der Waals surface area contributed by atoms with E-state index in [0.29, 0.717) is 34.2 Å². The number of hydrogen-bond donors (Lipinski definition) is 4. The summed E-state index contributed by atoms with van der Waals surface area (Å²) in [7, 11) is 1.44. The first kappa shape index (κ1) is 82.5. The number of methoxy groups -OCH3 is 1. The van der Waals surface area contributed by atoms with Crippen molar-refractivity contribution in [2.45, 2.75) is 193 Å². The molecule has 15 rings (SSSR count). The van der Waals surface area contributed by atoms with Crippen LogP contribution in [0.1, 0.15) is 163 Å². The summed E-state index contributed by atoms with van der Waals surface area (Å²) in [5, 5.41) is 2.37. The van der Waals surface area contributed by atoms with Crippen molar-refractivity contribution in [2.24, 2.45) is 0 Å². The van der Waals surface area contributed by atoms with Crippen molar-refractivity contribution in [2.75, 3.05) is 37.1 Å². The Kier molecular flexibility index (Phi) is 27.9. The first-order chi connectivity index (χ1) is 49.7. The van der Waals surface area contributed by atoms with Gasteiger partial charge >= 0.3 is 0 Å². The molecule has 6 aliphatic rings. The van der Waals surface area contributed by atoms with Gasteiger partial charge in [0.15, 0.2) is 56.8 Å². The molecule has 4 aliphatic heterocycles. The zero-order chi connectivity index (χ0) is 77.0. The Bertz CT molecular complexity index is 4510. The van der Waals surface area contributed by atoms with Crippen molar-refractivity contribution in [3.05, 3.63) is 167 Å². The van der Waals surface area contributed by atoms with E-state index in [0.717, 1.165) is 68.8 Å². The van der Waals surface area contributed by atoms with Gasteiger partial charge in [-0.1, -0.05) is 57.8 Å². The summed E-state index contributed by atoms with van der Waals surface area (Å²) >= 11 is 17.2. The third-order valence-electron chi connectivity index (χ3n) is 18.0. The van der Waals surface area contributed by atoms with Crippen LogP contribution in [0.3, 0.4) is 0 Å². The molecule has 5 unspecified atom stereocenters. The van der Waals surface area contributed by atoms with Crippen LogP contribution in [0.2, 0.25) is 10.3 Å². The number of imidazole rings is 2. The minimum Gasteiger partial charge on any atom is -0.487 e. The number of aromatic nitrogens is 9. The lowest BCUT2D eigenvalue weighted by Gasteiger charge is -2.41. The van der Waals surface area contributed by atoms with Gasteiger partial charge in [0, 0.05) is 84.8 Å². The van der Waals surface area contributed by atoms with E-state index in [4.69, 9.17) is 72.6 Å². The molecule has 1 amide bonds. The number of pyridine rings is 7. The molecule has 9 aromatic heterocycles. The summed E-state index contributed by atoms with van der Waals surface area (Å²) in [6, 6.07) is 7.23. The van der Waals surface area contributed by atoms with E-state index in [1.165, 1.54) is 50.2 Å². The molecule has 105 heavy (non-hydrogen) atoms. The van der Waals surface area contributed by atoms with Crippen LogP contribution in [-0.4, -0.2) is 112 Å². The largest absolute Gasteiger partial charge is 0.487 e. The first-order valence-corrected chi connectivity index (χ1v) is 36.4. The average Bonchev–Trinajstić information content (AvgIpc) is 1.55. The summed E-state index contributed by atoms with van der Waals surface area (Å²) in [5.41, 5.74) is 12.2. The SMILES string of the molecule is CCC(C)Oc1c(Br)cn2cc(C34COC(C)(C3)C4)nc2c1F.CCC(C)Oc1c(Br)cnc(N)c1F.CCC(C)Oc1c(NC(=O)c2cccnc2OC)cn2cc(C34COC(C)(C3)C4)nc2c1F.CCC(C)Oc1ccnc(Cl)c1F.CCC(C)Oc1ccnc(N)c1F.O=c1cc[nH]c(Cl)c1F. The van der Waals surface area contributed by atoms with Crippen LogP contribution < -0.4 is 50.6 Å². The van der Waals surface area contributed by atoms with Gasteiger partial charge in [-0.2, -0.15) is 26.3 Å². The van der Waals surface area contributed by atoms with Gasteiger partial charge in [0.1, 0.15) is 16.4 Å². The number of rotatable bonds is 20. The number of nitrogens with one attached hydrogen (secondary N) is 2. The molecule has 4 bridgehead atoms. The molecule has 22 nitrogen and oxygen atoms in total. The number of ether oxygens (including phenoxy) is 8. The molecule has 2 saturated carbocycles. The monoisotopic (exact) mass is 1630 g/mol. The van der Waals surface area contributed by atoms with E-state index in [2.05, 4.69) is 85.9 Å². The normalized spacial score (nSPS) is 20.0. The van der Waals surface area contributed by atoms with Crippen molar-refractivity contribution in [3.63, 3.8) is 0 Å². The molecule has 0 aromatic carbocycles. The van der Waals surface area contributed by atoms with E-state index < -0.39 is 46.2 Å². The van der Waals surface area contributed by atoms with Crippen molar-refractivity contribution < 1.29 is 69.0 Å². The minimum absolute atomic E-state index is 0.0141. The fraction of sp³-hybridized carbons (Fsp3) is 0.452. The van der Waals surface area contributed by atoms with Gasteiger partial charge in [-0.05, 0) is 150 Å². The highest BCUT2D eigenvalue weighted by molar-refractivity contribution is 9.11. The number of H-pyrrole nitrogens is 1. The molecule has 2 aliphatic carbocycles. The van der Waals surface area contributed by atoms with Crippen LogP contribution in [0.5, 0.6) is 34.6 Å². The van der Waals surface area contributed by atoms with Crippen LogP contribution in [0.25, 0.3) is 11.3 Å². The van der Waals surface area contributed by atoms with Gasteiger partial charge in [0.05, 0.1) is 82.4 Å². The summed E-state index contributed by atoms with van der Waals surface area (Å²) in [6.45, 7) is 24.7. The van der Waals surface area contributed by atoms with Gasteiger partial charge in [0.25, 0.3) is 5.91 Å². The van der Waals surface area contributed by atoms with E-state index in [1.807, 2.05) is 87.8 Å². The number of carbonyl (C=O) groups excluding carboxylic acids is 1. The lowest BCUT2D eigenvalue weighted by molar-refractivity contribution is 0.0151. The fourth-order valence-corrected chi connectivity index (χ4v) is 12.8. The van der Waals surface area contributed by atoms with Crippen LogP contribution in [-0.2, 0) is 20.3 Å². The number of carbonyl (C=O) groups is 1. The van der Waals surface area contributed by atoms with Crippen molar-refractivity contribution in [1.82, 2.24) is 43.7 Å². The number of fused-ring (bicyclic) bond motifs is 4. The molecular formula is C73H86Br2Cl2F6N12O10. The highest BCUT2D eigenvalue weighted by Gasteiger charge is 2.62. The van der Waals surface area contributed by atoms with Crippen molar-refractivity contribution >= 4 is 89.6 Å². The molecule has 9 aromatic rings. The van der Waals surface area contributed by atoms with Gasteiger partial charge < -0.3 is 68.5 Å². The Morgan fingerprint density at radius 1 is 0.600 bits per heavy atom. The first-order valence-electron chi connectivity index (χ1n) is 34.0. The smallest absolute Gasteiger partial charge is 0.261 e. The second-order valence-electron chi connectivity index (χ2n) is 26.5. The lowest BCUT2D eigenvalue weighted by Crippen LogP contribution is -2.45. The molecular weight excluding hydrogens is 1550 g/mol. The maximum Gasteiger partial charge on any atom is 0.261 e. The number of anilines is 3. The van der Waals surface area contributed by atoms with Crippen LogP contribution >= 0.6 is 55.1 Å². The van der Waals surface area contributed by atoms with Crippen LogP contribution in [0.15, 0.2) is 99.8 Å². The highest BCUT2D eigenvalue weighted by atomic mass is 79.9. The highest BCUT2D eigenvalue weighted by Crippen LogP contribution is 2.59. The second-order valence-corrected chi connectivity index (χ2v) is 28.9. The van der Waals surface area contributed by atoms with Gasteiger partial charge in [0.2, 0.25) is 46.2 Å². The van der Waals surface area contributed by atoms with Gasteiger partial charge in [-0.25, -0.2) is 29.9 Å². The average molecular weight is 1640 g/mol. The molecule has 6 fully saturated rings. The maximum atomic E-state index is 15.7. The molecule has 6 N–H and O–H groups in total. The minimum atomic E-state index is -0.931. The van der Waals surface area contributed by atoms with Crippen LogP contribution in [0.4, 0.5) is 43.7 Å². The molecule has 568 valence electrons. The molecule has 5 atom stereocenters. The number of hydrogen-bond acceptors (Lipinski definition) is 18. The van der Waals surface area contributed by atoms with E-state index in [-0.39, 0.29) is 126 Å². The number of halogens is 10. The number of nitrogens with zero attached hydrogens (tertiary/aromatic N) is 8. The Labute approximate surface area is 631 Å². The zero-order valence-electron chi connectivity index (χ0n) is 60.3.